The van der Waals surface area contributed by atoms with Crippen LogP contribution in [0.3, 0.4) is 0 Å². The Morgan fingerprint density at radius 3 is 2.71 bits per heavy atom. The molecule has 3 aromatic rings. The lowest BCUT2D eigenvalue weighted by Gasteiger charge is -2.31. The molecule has 3 nitrogen and oxygen atoms in total. The van der Waals surface area contributed by atoms with Crippen molar-refractivity contribution < 1.29 is 0 Å². The van der Waals surface area contributed by atoms with E-state index in [4.69, 9.17) is 5.73 Å². The molecule has 2 aromatic carbocycles. The highest BCUT2D eigenvalue weighted by Gasteiger charge is 2.18. The van der Waals surface area contributed by atoms with Crippen LogP contribution in [-0.4, -0.2) is 11.5 Å². The van der Waals surface area contributed by atoms with Crippen LogP contribution in [0.2, 0.25) is 0 Å². The van der Waals surface area contributed by atoms with Gasteiger partial charge in [-0.2, -0.15) is 0 Å². The number of hydrogen-bond acceptors (Lipinski definition) is 3. The van der Waals surface area contributed by atoms with E-state index in [1.807, 2.05) is 18.3 Å². The third kappa shape index (κ3) is 2.02. The van der Waals surface area contributed by atoms with E-state index >= 15 is 0 Å². The molecule has 1 aliphatic heterocycles. The fourth-order valence-electron chi connectivity index (χ4n) is 3.18. The van der Waals surface area contributed by atoms with Gasteiger partial charge < -0.3 is 10.6 Å². The normalized spacial score (nSPS) is 14.2. The summed E-state index contributed by atoms with van der Waals surface area (Å²) in [5.41, 5.74) is 11.0. The molecule has 0 amide bonds. The molecule has 3 heteroatoms. The van der Waals surface area contributed by atoms with Crippen LogP contribution in [0.25, 0.3) is 10.8 Å². The second kappa shape index (κ2) is 4.77. The first-order valence-electron chi connectivity index (χ1n) is 7.27. The first-order valence-corrected chi connectivity index (χ1v) is 7.27. The Morgan fingerprint density at radius 1 is 0.952 bits per heavy atom. The molecule has 104 valence electrons. The SMILES string of the molecule is Nc1ccc(N2CCc3ccccc3C2)c2cnccc12. The van der Waals surface area contributed by atoms with Gasteiger partial charge in [0, 0.05) is 47.6 Å². The highest BCUT2D eigenvalue weighted by Crippen LogP contribution is 2.33. The predicted octanol–water partition coefficient (Wildman–Crippen LogP) is 3.38. The maximum Gasteiger partial charge on any atom is 0.0466 e. The Kier molecular flexibility index (Phi) is 2.78. The molecule has 4 rings (SSSR count). The molecule has 1 aliphatic rings. The Hall–Kier alpha value is -2.55. The quantitative estimate of drug-likeness (QED) is 0.692. The molecule has 2 heterocycles. The minimum atomic E-state index is 0.813. The maximum atomic E-state index is 6.08. The summed E-state index contributed by atoms with van der Waals surface area (Å²) in [5, 5.41) is 2.22. The number of pyridine rings is 1. The molecule has 0 bridgehead atoms. The molecule has 0 atom stereocenters. The molecule has 0 unspecified atom stereocenters. The number of nitrogens with zero attached hydrogens (tertiary/aromatic N) is 2. The summed E-state index contributed by atoms with van der Waals surface area (Å²) in [5.74, 6) is 0. The Labute approximate surface area is 124 Å². The van der Waals surface area contributed by atoms with Crippen LogP contribution in [0, 0.1) is 0 Å². The number of fused-ring (bicyclic) bond motifs is 2. The lowest BCUT2D eigenvalue weighted by molar-refractivity contribution is 0.734. The minimum Gasteiger partial charge on any atom is -0.398 e. The van der Waals surface area contributed by atoms with Gasteiger partial charge in [-0.3, -0.25) is 4.98 Å². The van der Waals surface area contributed by atoms with Gasteiger partial charge in [-0.25, -0.2) is 0 Å². The number of anilines is 2. The van der Waals surface area contributed by atoms with E-state index < -0.39 is 0 Å². The molecule has 0 saturated heterocycles. The highest BCUT2D eigenvalue weighted by atomic mass is 15.1. The summed E-state index contributed by atoms with van der Waals surface area (Å²) < 4.78 is 0. The zero-order valence-electron chi connectivity index (χ0n) is 11.8. The van der Waals surface area contributed by atoms with E-state index in [0.717, 1.165) is 36.0 Å². The maximum absolute atomic E-state index is 6.08. The van der Waals surface area contributed by atoms with Gasteiger partial charge in [0.05, 0.1) is 0 Å². The highest BCUT2D eigenvalue weighted by molar-refractivity contribution is 6.00. The van der Waals surface area contributed by atoms with Gasteiger partial charge >= 0.3 is 0 Å². The summed E-state index contributed by atoms with van der Waals surface area (Å²) in [6, 6.07) is 14.8. The standard InChI is InChI=1S/C18H17N3/c19-17-5-6-18(16-11-20-9-7-15(16)17)21-10-8-13-3-1-2-4-14(13)12-21/h1-7,9,11H,8,10,12,19H2. The number of nitrogen functional groups attached to an aromatic ring is 1. The molecule has 0 radical (unpaired) electrons. The van der Waals surface area contributed by atoms with Gasteiger partial charge in [0.25, 0.3) is 0 Å². The van der Waals surface area contributed by atoms with Crippen molar-refractivity contribution in [1.82, 2.24) is 4.98 Å². The van der Waals surface area contributed by atoms with Crippen molar-refractivity contribution in [2.75, 3.05) is 17.2 Å². The summed E-state index contributed by atoms with van der Waals surface area (Å²) in [6.07, 6.45) is 4.80. The molecule has 2 N–H and O–H groups in total. The van der Waals surface area contributed by atoms with Crippen molar-refractivity contribution in [2.45, 2.75) is 13.0 Å². The fourth-order valence-corrected chi connectivity index (χ4v) is 3.18. The van der Waals surface area contributed by atoms with Crippen LogP contribution in [0.5, 0.6) is 0 Å². The smallest absolute Gasteiger partial charge is 0.0466 e. The van der Waals surface area contributed by atoms with Crippen LogP contribution in [0.1, 0.15) is 11.1 Å². The number of rotatable bonds is 1. The zero-order chi connectivity index (χ0) is 14.2. The van der Waals surface area contributed by atoms with Crippen LogP contribution in [0.4, 0.5) is 11.4 Å². The molecule has 0 aliphatic carbocycles. The van der Waals surface area contributed by atoms with E-state index in [2.05, 4.69) is 40.2 Å². The Morgan fingerprint density at radius 2 is 1.81 bits per heavy atom. The van der Waals surface area contributed by atoms with Crippen molar-refractivity contribution >= 4 is 22.1 Å². The van der Waals surface area contributed by atoms with Crippen LogP contribution >= 0.6 is 0 Å². The lowest BCUT2D eigenvalue weighted by atomic mass is 9.98. The number of nitrogens with two attached hydrogens (primary N) is 1. The van der Waals surface area contributed by atoms with Crippen LogP contribution in [0.15, 0.2) is 54.9 Å². The van der Waals surface area contributed by atoms with Crippen LogP contribution < -0.4 is 10.6 Å². The summed E-state index contributed by atoms with van der Waals surface area (Å²) >= 11 is 0. The summed E-state index contributed by atoms with van der Waals surface area (Å²) in [6.45, 7) is 1.98. The van der Waals surface area contributed by atoms with Gasteiger partial charge in [-0.1, -0.05) is 24.3 Å². The monoisotopic (exact) mass is 275 g/mol. The predicted molar refractivity (Wildman–Crippen MR) is 87.4 cm³/mol. The van der Waals surface area contributed by atoms with Gasteiger partial charge in [-0.05, 0) is 35.7 Å². The number of benzene rings is 2. The van der Waals surface area contributed by atoms with Crippen molar-refractivity contribution in [2.24, 2.45) is 0 Å². The first-order chi connectivity index (χ1) is 10.3. The lowest BCUT2D eigenvalue weighted by Crippen LogP contribution is -2.30. The average molecular weight is 275 g/mol. The average Bonchev–Trinajstić information content (AvgIpc) is 2.55. The van der Waals surface area contributed by atoms with E-state index in [1.54, 1.807) is 6.20 Å². The van der Waals surface area contributed by atoms with Crippen molar-refractivity contribution in [1.29, 1.82) is 0 Å². The third-order valence-corrected chi connectivity index (χ3v) is 4.30. The Bertz CT molecular complexity index is 810. The molecule has 0 spiro atoms. The first kappa shape index (κ1) is 12.2. The van der Waals surface area contributed by atoms with E-state index in [-0.39, 0.29) is 0 Å². The number of hydrogen-bond donors (Lipinski definition) is 1. The second-order valence-electron chi connectivity index (χ2n) is 5.54. The van der Waals surface area contributed by atoms with Gasteiger partial charge in [0.2, 0.25) is 0 Å². The molecule has 1 aromatic heterocycles. The van der Waals surface area contributed by atoms with Crippen molar-refractivity contribution in [3.63, 3.8) is 0 Å². The third-order valence-electron chi connectivity index (χ3n) is 4.30. The molecule has 21 heavy (non-hydrogen) atoms. The van der Waals surface area contributed by atoms with Gasteiger partial charge in [0.15, 0.2) is 0 Å². The van der Waals surface area contributed by atoms with E-state index in [1.165, 1.54) is 16.8 Å². The number of aromatic nitrogens is 1. The second-order valence-corrected chi connectivity index (χ2v) is 5.54. The molecular formula is C18H17N3. The molecular weight excluding hydrogens is 258 g/mol. The fraction of sp³-hybridized carbons (Fsp3) is 0.167. The van der Waals surface area contributed by atoms with E-state index in [9.17, 15) is 0 Å². The van der Waals surface area contributed by atoms with Gasteiger partial charge in [0.1, 0.15) is 0 Å². The van der Waals surface area contributed by atoms with Crippen molar-refractivity contribution in [3.8, 4) is 0 Å². The van der Waals surface area contributed by atoms with E-state index in [0.29, 0.717) is 0 Å². The molecule has 0 fully saturated rings. The minimum absolute atomic E-state index is 0.813. The summed E-state index contributed by atoms with van der Waals surface area (Å²) in [7, 11) is 0. The topological polar surface area (TPSA) is 42.1 Å². The van der Waals surface area contributed by atoms with Crippen molar-refractivity contribution in [3.05, 3.63) is 66.0 Å². The largest absolute Gasteiger partial charge is 0.398 e. The summed E-state index contributed by atoms with van der Waals surface area (Å²) in [4.78, 5) is 6.69. The molecule has 0 saturated carbocycles. The Balaban J connectivity index is 1.80. The zero-order valence-corrected chi connectivity index (χ0v) is 11.8. The van der Waals surface area contributed by atoms with Crippen LogP contribution in [-0.2, 0) is 13.0 Å². The van der Waals surface area contributed by atoms with Gasteiger partial charge in [-0.15, -0.1) is 0 Å².